The van der Waals surface area contributed by atoms with Gasteiger partial charge in [-0.25, -0.2) is 15.0 Å². The Balaban J connectivity index is 1.17. The standard InChI is InChI=1S/C47H31N3O2/c1-2-13-28(14-3-1)45-48-46(37-25-29-15-4-5-16-31(29)33-17-6-7-18-34(33)37)50-47(49-45)38-26-30(27-42-44(38)36-20-9-11-23-40(36)52-42)32-21-12-24-41-43(32)35-19-8-10-22-39(35)51-41/h1-26,30,33-34H,27H2. The first kappa shape index (κ1) is 29.2. The summed E-state index contributed by atoms with van der Waals surface area (Å²) in [6, 6.07) is 41.8. The molecule has 0 spiro atoms. The Bertz CT molecular complexity index is 2850. The third-order valence-corrected chi connectivity index (χ3v) is 10.9. The zero-order valence-corrected chi connectivity index (χ0v) is 28.1. The lowest BCUT2D eigenvalue weighted by Crippen LogP contribution is -2.20. The molecule has 3 unspecified atom stereocenters. The highest BCUT2D eigenvalue weighted by Crippen LogP contribution is 2.47. The molecule has 0 saturated carbocycles. The van der Waals surface area contributed by atoms with Gasteiger partial charge in [0.2, 0.25) is 0 Å². The summed E-state index contributed by atoms with van der Waals surface area (Å²) in [7, 11) is 0. The van der Waals surface area contributed by atoms with Gasteiger partial charge in [0.05, 0.1) is 0 Å². The maximum absolute atomic E-state index is 6.68. The van der Waals surface area contributed by atoms with Crippen LogP contribution in [0.25, 0.3) is 61.5 Å². The lowest BCUT2D eigenvalue weighted by atomic mass is 9.72. The minimum Gasteiger partial charge on any atom is -0.460 e. The molecule has 3 aromatic heterocycles. The van der Waals surface area contributed by atoms with Gasteiger partial charge in [0.25, 0.3) is 0 Å². The number of rotatable bonds is 4. The lowest BCUT2D eigenvalue weighted by molar-refractivity contribution is 0.532. The molecule has 0 aliphatic heterocycles. The Kier molecular flexibility index (Phi) is 6.44. The van der Waals surface area contributed by atoms with Crippen molar-refractivity contribution in [3.8, 4) is 11.4 Å². The summed E-state index contributed by atoms with van der Waals surface area (Å²) in [5, 5.41) is 3.30. The Hall–Kier alpha value is -6.59. The molecule has 0 amide bonds. The molecule has 3 heterocycles. The van der Waals surface area contributed by atoms with E-state index in [2.05, 4.69) is 115 Å². The highest BCUT2D eigenvalue weighted by Gasteiger charge is 2.34. The molecule has 246 valence electrons. The van der Waals surface area contributed by atoms with Crippen molar-refractivity contribution in [1.29, 1.82) is 0 Å². The fraction of sp³-hybridized carbons (Fsp3) is 0.0851. The second-order valence-corrected chi connectivity index (χ2v) is 13.8. The van der Waals surface area contributed by atoms with Crippen LogP contribution in [0, 0.1) is 5.92 Å². The summed E-state index contributed by atoms with van der Waals surface area (Å²) in [5.74, 6) is 3.20. The van der Waals surface area contributed by atoms with Crippen LogP contribution >= 0.6 is 0 Å². The van der Waals surface area contributed by atoms with Crippen LogP contribution in [-0.2, 0) is 6.42 Å². The van der Waals surface area contributed by atoms with Crippen LogP contribution < -0.4 is 0 Å². The van der Waals surface area contributed by atoms with Crippen molar-refractivity contribution in [1.82, 2.24) is 15.0 Å². The number of para-hydroxylation sites is 2. The average Bonchev–Trinajstić information content (AvgIpc) is 3.79. The molecule has 5 heteroatoms. The fourth-order valence-electron chi connectivity index (χ4n) is 8.54. The zero-order chi connectivity index (χ0) is 34.2. The second kappa shape index (κ2) is 11.5. The quantitative estimate of drug-likeness (QED) is 0.187. The van der Waals surface area contributed by atoms with Gasteiger partial charge in [0.15, 0.2) is 17.5 Å². The van der Waals surface area contributed by atoms with Crippen LogP contribution in [0.1, 0.15) is 51.5 Å². The van der Waals surface area contributed by atoms with Gasteiger partial charge in [0.1, 0.15) is 22.5 Å². The summed E-state index contributed by atoms with van der Waals surface area (Å²) >= 11 is 0. The monoisotopic (exact) mass is 669 g/mol. The van der Waals surface area contributed by atoms with E-state index in [1.54, 1.807) is 0 Å². The first-order chi connectivity index (χ1) is 25.8. The van der Waals surface area contributed by atoms with Crippen molar-refractivity contribution in [3.05, 3.63) is 191 Å². The van der Waals surface area contributed by atoms with Crippen LogP contribution in [0.3, 0.4) is 0 Å². The van der Waals surface area contributed by atoms with Crippen molar-refractivity contribution >= 4 is 50.1 Å². The Morgan fingerprint density at radius 3 is 2.10 bits per heavy atom. The molecule has 0 N–H and O–H groups in total. The average molecular weight is 670 g/mol. The molecule has 5 nitrogen and oxygen atoms in total. The molecular formula is C47H31N3O2. The first-order valence-corrected chi connectivity index (χ1v) is 17.9. The van der Waals surface area contributed by atoms with Crippen molar-refractivity contribution < 1.29 is 8.83 Å². The van der Waals surface area contributed by atoms with E-state index in [0.717, 1.165) is 60.9 Å². The molecule has 0 saturated heterocycles. The van der Waals surface area contributed by atoms with Gasteiger partial charge >= 0.3 is 0 Å². The van der Waals surface area contributed by atoms with E-state index >= 15 is 0 Å². The van der Waals surface area contributed by atoms with Crippen molar-refractivity contribution in [2.45, 2.75) is 18.3 Å². The van der Waals surface area contributed by atoms with E-state index in [1.807, 2.05) is 42.5 Å². The van der Waals surface area contributed by atoms with Gasteiger partial charge in [-0.3, -0.25) is 0 Å². The number of fused-ring (bicyclic) bond motifs is 9. The largest absolute Gasteiger partial charge is 0.460 e. The van der Waals surface area contributed by atoms with Gasteiger partial charge < -0.3 is 8.83 Å². The van der Waals surface area contributed by atoms with E-state index < -0.39 is 0 Å². The third-order valence-electron chi connectivity index (χ3n) is 10.9. The maximum atomic E-state index is 6.68. The molecule has 5 aromatic carbocycles. The minimum absolute atomic E-state index is 0.00951. The first-order valence-electron chi connectivity index (χ1n) is 17.9. The van der Waals surface area contributed by atoms with Gasteiger partial charge in [-0.05, 0) is 41.0 Å². The molecule has 3 aliphatic rings. The van der Waals surface area contributed by atoms with E-state index in [4.69, 9.17) is 23.8 Å². The van der Waals surface area contributed by atoms with Crippen molar-refractivity contribution in [2.75, 3.05) is 0 Å². The van der Waals surface area contributed by atoms with Gasteiger partial charge in [-0.15, -0.1) is 0 Å². The normalized spacial score (nSPS) is 19.0. The molecule has 0 radical (unpaired) electrons. The Labute approximate surface area is 300 Å². The topological polar surface area (TPSA) is 65.0 Å². The van der Waals surface area contributed by atoms with E-state index in [9.17, 15) is 0 Å². The Morgan fingerprint density at radius 1 is 0.538 bits per heavy atom. The SMILES string of the molecule is C1=CC2C(c3nc(C4=CC(c5cccc6oc7ccccc7c56)Cc5oc6ccccc6c54)nc(-c4ccccc4)n3)=Cc3ccccc3C2C=C1. The summed E-state index contributed by atoms with van der Waals surface area (Å²) in [6.07, 6.45) is 14.2. The number of hydrogen-bond donors (Lipinski definition) is 0. The number of hydrogen-bond acceptors (Lipinski definition) is 5. The van der Waals surface area contributed by atoms with Crippen LogP contribution in [-0.4, -0.2) is 15.0 Å². The second-order valence-electron chi connectivity index (χ2n) is 13.8. The van der Waals surface area contributed by atoms with Crippen LogP contribution in [0.4, 0.5) is 0 Å². The van der Waals surface area contributed by atoms with E-state index in [1.165, 1.54) is 16.7 Å². The van der Waals surface area contributed by atoms with E-state index in [-0.39, 0.29) is 17.8 Å². The van der Waals surface area contributed by atoms with Crippen LogP contribution in [0.15, 0.2) is 161 Å². The number of allylic oxidation sites excluding steroid dienone is 6. The molecule has 3 aliphatic carbocycles. The summed E-state index contributed by atoms with van der Waals surface area (Å²) in [5.41, 5.74) is 10.4. The minimum atomic E-state index is -0.00951. The molecule has 52 heavy (non-hydrogen) atoms. The van der Waals surface area contributed by atoms with Gasteiger partial charge in [-0.1, -0.05) is 134 Å². The number of furan rings is 2. The van der Waals surface area contributed by atoms with Crippen LogP contribution in [0.5, 0.6) is 0 Å². The third kappa shape index (κ3) is 4.52. The van der Waals surface area contributed by atoms with Crippen molar-refractivity contribution in [3.63, 3.8) is 0 Å². The lowest BCUT2D eigenvalue weighted by Gasteiger charge is -2.32. The number of benzene rings is 5. The number of nitrogens with zero attached hydrogens (tertiary/aromatic N) is 3. The van der Waals surface area contributed by atoms with Gasteiger partial charge in [0, 0.05) is 62.6 Å². The highest BCUT2D eigenvalue weighted by atomic mass is 16.3. The number of aromatic nitrogens is 3. The zero-order valence-electron chi connectivity index (χ0n) is 28.1. The molecule has 3 atom stereocenters. The molecule has 11 rings (SSSR count). The van der Waals surface area contributed by atoms with E-state index in [0.29, 0.717) is 23.9 Å². The molecule has 0 bridgehead atoms. The van der Waals surface area contributed by atoms with Crippen molar-refractivity contribution in [2.24, 2.45) is 5.92 Å². The molecule has 8 aromatic rings. The maximum Gasteiger partial charge on any atom is 0.164 e. The molecular weight excluding hydrogens is 639 g/mol. The molecule has 0 fully saturated rings. The predicted molar refractivity (Wildman–Crippen MR) is 208 cm³/mol. The van der Waals surface area contributed by atoms with Gasteiger partial charge in [-0.2, -0.15) is 0 Å². The fourth-order valence-corrected chi connectivity index (χ4v) is 8.54. The van der Waals surface area contributed by atoms with Crippen LogP contribution in [0.2, 0.25) is 0 Å². The summed E-state index contributed by atoms with van der Waals surface area (Å²) < 4.78 is 13.0. The Morgan fingerprint density at radius 2 is 1.21 bits per heavy atom. The smallest absolute Gasteiger partial charge is 0.164 e. The summed E-state index contributed by atoms with van der Waals surface area (Å²) in [6.45, 7) is 0. The highest BCUT2D eigenvalue weighted by molar-refractivity contribution is 6.07. The predicted octanol–water partition coefficient (Wildman–Crippen LogP) is 11.3. The summed E-state index contributed by atoms with van der Waals surface area (Å²) in [4.78, 5) is 15.9.